The summed E-state index contributed by atoms with van der Waals surface area (Å²) in [6, 6.07) is 0. The molecule has 0 aromatic rings. The second-order valence-corrected chi connectivity index (χ2v) is 3.57. The van der Waals surface area contributed by atoms with Crippen LogP contribution in [0.2, 0.25) is 0 Å². The van der Waals surface area contributed by atoms with Gasteiger partial charge < -0.3 is 0 Å². The van der Waals surface area contributed by atoms with Crippen molar-refractivity contribution in [3.8, 4) is 11.8 Å². The lowest BCUT2D eigenvalue weighted by molar-refractivity contribution is 0.373. The average Bonchev–Trinajstić information content (AvgIpc) is 1.87. The fraction of sp³-hybridized carbons (Fsp3) is 0.714. The van der Waals surface area contributed by atoms with Gasteiger partial charge in [0.2, 0.25) is 0 Å². The molecule has 0 heterocycles. The zero-order valence-electron chi connectivity index (χ0n) is 5.70. The molecule has 1 unspecified atom stereocenters. The van der Waals surface area contributed by atoms with E-state index in [0.717, 1.165) is 0 Å². The van der Waals surface area contributed by atoms with Crippen LogP contribution in [0.3, 0.4) is 0 Å². The number of hydrogen-bond acceptors (Lipinski definition) is 0. The lowest BCUT2D eigenvalue weighted by atomic mass is 10.3. The Balaban J connectivity index is 3.45. The SMILES string of the molecule is CC(Br)C#CC[C@H](F)CCl. The summed E-state index contributed by atoms with van der Waals surface area (Å²) in [6.07, 6.45) is -0.750. The quantitative estimate of drug-likeness (QED) is 0.503. The van der Waals surface area contributed by atoms with Crippen LogP contribution in [-0.2, 0) is 0 Å². The topological polar surface area (TPSA) is 0 Å². The van der Waals surface area contributed by atoms with Crippen LogP contribution in [0.25, 0.3) is 0 Å². The van der Waals surface area contributed by atoms with Crippen molar-refractivity contribution in [1.29, 1.82) is 0 Å². The summed E-state index contributed by atoms with van der Waals surface area (Å²) in [5.41, 5.74) is 0. The molecule has 0 saturated heterocycles. The first-order valence-corrected chi connectivity index (χ1v) is 4.44. The van der Waals surface area contributed by atoms with E-state index >= 15 is 0 Å². The van der Waals surface area contributed by atoms with Crippen LogP contribution in [0.5, 0.6) is 0 Å². The molecular formula is C7H9BrClF. The van der Waals surface area contributed by atoms with E-state index in [4.69, 9.17) is 11.6 Å². The van der Waals surface area contributed by atoms with Gasteiger partial charge in [0.25, 0.3) is 0 Å². The van der Waals surface area contributed by atoms with Gasteiger partial charge in [-0.3, -0.25) is 0 Å². The predicted octanol–water partition coefficient (Wildman–Crippen LogP) is 2.74. The maximum atomic E-state index is 12.3. The van der Waals surface area contributed by atoms with Gasteiger partial charge in [-0.05, 0) is 6.92 Å². The number of halogens is 3. The monoisotopic (exact) mass is 226 g/mol. The molecule has 0 bridgehead atoms. The van der Waals surface area contributed by atoms with Crippen molar-refractivity contribution in [3.63, 3.8) is 0 Å². The minimum absolute atomic E-state index is 0.0331. The molecule has 0 rings (SSSR count). The third-order valence-electron chi connectivity index (χ3n) is 0.792. The Labute approximate surface area is 74.3 Å². The molecule has 0 saturated carbocycles. The molecule has 10 heavy (non-hydrogen) atoms. The van der Waals surface area contributed by atoms with Gasteiger partial charge in [0.05, 0.1) is 10.7 Å². The fourth-order valence-corrected chi connectivity index (χ4v) is 0.636. The van der Waals surface area contributed by atoms with E-state index in [1.54, 1.807) is 0 Å². The van der Waals surface area contributed by atoms with Crippen molar-refractivity contribution in [2.24, 2.45) is 0 Å². The summed E-state index contributed by atoms with van der Waals surface area (Å²) >= 11 is 8.43. The van der Waals surface area contributed by atoms with E-state index in [0.29, 0.717) is 0 Å². The molecule has 0 radical (unpaired) electrons. The molecular weight excluding hydrogens is 218 g/mol. The van der Waals surface area contributed by atoms with Crippen molar-refractivity contribution >= 4 is 27.5 Å². The Morgan fingerprint density at radius 2 is 2.30 bits per heavy atom. The highest BCUT2D eigenvalue weighted by atomic mass is 79.9. The van der Waals surface area contributed by atoms with Gasteiger partial charge in [0, 0.05) is 6.42 Å². The normalized spacial score (nSPS) is 15.2. The van der Waals surface area contributed by atoms with Gasteiger partial charge >= 0.3 is 0 Å². The standard InChI is InChI=1S/C7H9BrClF/c1-6(8)3-2-4-7(10)5-9/h6-7H,4-5H2,1H3/t6?,7-/m0/s1. The number of alkyl halides is 3. The highest BCUT2D eigenvalue weighted by Crippen LogP contribution is 1.99. The van der Waals surface area contributed by atoms with Gasteiger partial charge in [-0.1, -0.05) is 27.8 Å². The van der Waals surface area contributed by atoms with Crippen LogP contribution in [0.1, 0.15) is 13.3 Å². The van der Waals surface area contributed by atoms with E-state index in [-0.39, 0.29) is 17.1 Å². The molecule has 0 amide bonds. The average molecular weight is 228 g/mol. The minimum Gasteiger partial charge on any atom is -0.245 e. The van der Waals surface area contributed by atoms with E-state index in [1.807, 2.05) is 6.92 Å². The predicted molar refractivity (Wildman–Crippen MR) is 46.4 cm³/mol. The van der Waals surface area contributed by atoms with Crippen LogP contribution < -0.4 is 0 Å². The molecule has 0 aromatic carbocycles. The Morgan fingerprint density at radius 1 is 1.70 bits per heavy atom. The Morgan fingerprint density at radius 3 is 2.70 bits per heavy atom. The minimum atomic E-state index is -0.986. The molecule has 0 aromatic heterocycles. The molecule has 0 aliphatic rings. The Hall–Kier alpha value is 0.260. The van der Waals surface area contributed by atoms with E-state index in [2.05, 4.69) is 27.8 Å². The molecule has 0 N–H and O–H groups in total. The maximum absolute atomic E-state index is 12.3. The summed E-state index contributed by atoms with van der Waals surface area (Å²) in [5, 5.41) is 0. The molecule has 0 fully saturated rings. The zero-order chi connectivity index (χ0) is 7.98. The van der Waals surface area contributed by atoms with Crippen LogP contribution in [-0.4, -0.2) is 16.9 Å². The third-order valence-corrected chi connectivity index (χ3v) is 1.36. The highest BCUT2D eigenvalue weighted by molar-refractivity contribution is 9.09. The van der Waals surface area contributed by atoms with Crippen molar-refractivity contribution in [2.45, 2.75) is 24.3 Å². The highest BCUT2D eigenvalue weighted by Gasteiger charge is 1.99. The van der Waals surface area contributed by atoms with Crippen LogP contribution in [0.4, 0.5) is 4.39 Å². The van der Waals surface area contributed by atoms with Crippen molar-refractivity contribution in [1.82, 2.24) is 0 Å². The molecule has 58 valence electrons. The lowest BCUT2D eigenvalue weighted by Gasteiger charge is -1.94. The van der Waals surface area contributed by atoms with Gasteiger partial charge in [0.1, 0.15) is 6.17 Å². The maximum Gasteiger partial charge on any atom is 0.124 e. The second-order valence-electron chi connectivity index (χ2n) is 1.89. The van der Waals surface area contributed by atoms with Gasteiger partial charge in [-0.15, -0.1) is 11.6 Å². The van der Waals surface area contributed by atoms with Crippen LogP contribution in [0.15, 0.2) is 0 Å². The summed E-state index contributed by atoms with van der Waals surface area (Å²) in [4.78, 5) is 0.134. The van der Waals surface area contributed by atoms with Gasteiger partial charge in [-0.2, -0.15) is 0 Å². The molecule has 3 heteroatoms. The molecule has 0 aliphatic heterocycles. The summed E-state index contributed by atoms with van der Waals surface area (Å²) < 4.78 is 12.3. The van der Waals surface area contributed by atoms with Crippen LogP contribution in [0, 0.1) is 11.8 Å². The summed E-state index contributed by atoms with van der Waals surface area (Å²) in [7, 11) is 0. The van der Waals surface area contributed by atoms with Crippen molar-refractivity contribution < 1.29 is 4.39 Å². The molecule has 0 spiro atoms. The van der Waals surface area contributed by atoms with E-state index < -0.39 is 6.17 Å². The first kappa shape index (κ1) is 10.3. The largest absolute Gasteiger partial charge is 0.245 e. The van der Waals surface area contributed by atoms with Crippen molar-refractivity contribution in [3.05, 3.63) is 0 Å². The first-order chi connectivity index (χ1) is 4.66. The lowest BCUT2D eigenvalue weighted by Crippen LogP contribution is -1.99. The summed E-state index contributed by atoms with van der Waals surface area (Å²) in [5.74, 6) is 5.49. The zero-order valence-corrected chi connectivity index (χ0v) is 8.04. The van der Waals surface area contributed by atoms with Gasteiger partial charge in [0.15, 0.2) is 0 Å². The smallest absolute Gasteiger partial charge is 0.124 e. The Bertz CT molecular complexity index is 136. The first-order valence-electron chi connectivity index (χ1n) is 2.99. The molecule has 0 aliphatic carbocycles. The summed E-state index contributed by atoms with van der Waals surface area (Å²) in [6.45, 7) is 1.89. The number of hydrogen-bond donors (Lipinski definition) is 0. The van der Waals surface area contributed by atoms with E-state index in [9.17, 15) is 4.39 Å². The fourth-order valence-electron chi connectivity index (χ4n) is 0.365. The second kappa shape index (κ2) is 6.00. The Kier molecular flexibility index (Phi) is 6.16. The molecule has 2 atom stereocenters. The number of rotatable bonds is 2. The van der Waals surface area contributed by atoms with Crippen LogP contribution >= 0.6 is 27.5 Å². The molecule has 0 nitrogen and oxygen atoms in total. The van der Waals surface area contributed by atoms with E-state index in [1.165, 1.54) is 0 Å². The van der Waals surface area contributed by atoms with Gasteiger partial charge in [-0.25, -0.2) is 4.39 Å². The van der Waals surface area contributed by atoms with Crippen molar-refractivity contribution in [2.75, 3.05) is 5.88 Å². The third kappa shape index (κ3) is 6.38.